The molecule has 0 saturated heterocycles. The van der Waals surface area contributed by atoms with E-state index in [0.717, 1.165) is 12.5 Å². The average molecular weight is 273 g/mol. The summed E-state index contributed by atoms with van der Waals surface area (Å²) < 4.78 is 0. The van der Waals surface area contributed by atoms with Crippen LogP contribution in [0.3, 0.4) is 0 Å². The van der Waals surface area contributed by atoms with E-state index in [9.17, 15) is 0 Å². The molecule has 1 aromatic carbocycles. The summed E-state index contributed by atoms with van der Waals surface area (Å²) in [4.78, 5) is 0. The van der Waals surface area contributed by atoms with E-state index in [1.807, 2.05) is 0 Å². The van der Waals surface area contributed by atoms with Crippen molar-refractivity contribution in [1.82, 2.24) is 5.32 Å². The normalized spacial score (nSPS) is 19.3. The standard InChI is InChI=1S/C19H31N/c1-3-15-20-19(18-13-11-16(2)12-14-18)17-9-7-5-4-6-8-10-17/h11-14,17,19-20H,3-10,15H2,1-2H3. The molecule has 0 bridgehead atoms. The second kappa shape index (κ2) is 8.46. The zero-order chi connectivity index (χ0) is 14.2. The lowest BCUT2D eigenvalue weighted by Gasteiger charge is -2.30. The van der Waals surface area contributed by atoms with Gasteiger partial charge in [0.25, 0.3) is 0 Å². The van der Waals surface area contributed by atoms with Crippen LogP contribution in [-0.2, 0) is 0 Å². The van der Waals surface area contributed by atoms with E-state index in [4.69, 9.17) is 0 Å². The third-order valence-corrected chi connectivity index (χ3v) is 4.67. The first-order chi connectivity index (χ1) is 9.81. The van der Waals surface area contributed by atoms with Crippen LogP contribution in [0.5, 0.6) is 0 Å². The van der Waals surface area contributed by atoms with Crippen molar-refractivity contribution >= 4 is 0 Å². The molecule has 1 heteroatoms. The smallest absolute Gasteiger partial charge is 0.0348 e. The maximum absolute atomic E-state index is 3.82. The maximum atomic E-state index is 3.82. The lowest BCUT2D eigenvalue weighted by atomic mass is 9.82. The van der Waals surface area contributed by atoms with Gasteiger partial charge in [-0.25, -0.2) is 0 Å². The lowest BCUT2D eigenvalue weighted by Crippen LogP contribution is -2.29. The summed E-state index contributed by atoms with van der Waals surface area (Å²) in [5.41, 5.74) is 2.86. The Morgan fingerprint density at radius 3 is 2.20 bits per heavy atom. The zero-order valence-electron chi connectivity index (χ0n) is 13.3. The van der Waals surface area contributed by atoms with Crippen LogP contribution in [0.25, 0.3) is 0 Å². The van der Waals surface area contributed by atoms with E-state index in [1.54, 1.807) is 0 Å². The molecule has 0 aliphatic heterocycles. The molecule has 1 fully saturated rings. The number of nitrogens with one attached hydrogen (secondary N) is 1. The molecular weight excluding hydrogens is 242 g/mol. The van der Waals surface area contributed by atoms with Crippen LogP contribution in [0.4, 0.5) is 0 Å². The first-order valence-electron chi connectivity index (χ1n) is 8.61. The molecular formula is C19H31N. The van der Waals surface area contributed by atoms with E-state index >= 15 is 0 Å². The highest BCUT2D eigenvalue weighted by atomic mass is 14.9. The Kier molecular flexibility index (Phi) is 6.59. The largest absolute Gasteiger partial charge is 0.310 e. The monoisotopic (exact) mass is 273 g/mol. The Hall–Kier alpha value is -0.820. The summed E-state index contributed by atoms with van der Waals surface area (Å²) in [6, 6.07) is 9.76. The van der Waals surface area contributed by atoms with Gasteiger partial charge in [-0.2, -0.15) is 0 Å². The van der Waals surface area contributed by atoms with Gasteiger partial charge >= 0.3 is 0 Å². The first-order valence-corrected chi connectivity index (χ1v) is 8.61. The van der Waals surface area contributed by atoms with Crippen molar-refractivity contribution in [3.05, 3.63) is 35.4 Å². The molecule has 1 unspecified atom stereocenters. The minimum absolute atomic E-state index is 0.564. The summed E-state index contributed by atoms with van der Waals surface area (Å²) in [6.45, 7) is 5.57. The highest BCUT2D eigenvalue weighted by Gasteiger charge is 2.22. The molecule has 112 valence electrons. The Labute approximate surface area is 125 Å². The Morgan fingerprint density at radius 1 is 1.00 bits per heavy atom. The van der Waals surface area contributed by atoms with Crippen molar-refractivity contribution in [2.75, 3.05) is 6.54 Å². The second-order valence-corrected chi connectivity index (χ2v) is 6.45. The highest BCUT2D eigenvalue weighted by Crippen LogP contribution is 2.33. The molecule has 0 aromatic heterocycles. The summed E-state index contributed by atoms with van der Waals surface area (Å²) >= 11 is 0. The topological polar surface area (TPSA) is 12.0 Å². The average Bonchev–Trinajstić information content (AvgIpc) is 2.42. The molecule has 1 aliphatic carbocycles. The summed E-state index contributed by atoms with van der Waals surface area (Å²) in [5.74, 6) is 0.824. The van der Waals surface area contributed by atoms with E-state index in [0.29, 0.717) is 6.04 Å². The molecule has 0 amide bonds. The van der Waals surface area contributed by atoms with Gasteiger partial charge in [0.2, 0.25) is 0 Å². The van der Waals surface area contributed by atoms with E-state index in [-0.39, 0.29) is 0 Å². The molecule has 0 radical (unpaired) electrons. The fourth-order valence-electron chi connectivity index (χ4n) is 3.45. The summed E-state index contributed by atoms with van der Waals surface area (Å²) in [6.07, 6.45) is 11.2. The van der Waals surface area contributed by atoms with Gasteiger partial charge < -0.3 is 5.32 Å². The fraction of sp³-hybridized carbons (Fsp3) is 0.684. The van der Waals surface area contributed by atoms with Crippen LogP contribution in [0, 0.1) is 12.8 Å². The van der Waals surface area contributed by atoms with Gasteiger partial charge in [0.1, 0.15) is 0 Å². The van der Waals surface area contributed by atoms with Crippen LogP contribution in [0.1, 0.15) is 75.5 Å². The molecule has 1 saturated carbocycles. The van der Waals surface area contributed by atoms with Crippen LogP contribution in [0.15, 0.2) is 24.3 Å². The third-order valence-electron chi connectivity index (χ3n) is 4.67. The first kappa shape index (κ1) is 15.6. The highest BCUT2D eigenvalue weighted by molar-refractivity contribution is 5.24. The zero-order valence-corrected chi connectivity index (χ0v) is 13.3. The molecule has 0 heterocycles. The molecule has 2 rings (SSSR count). The van der Waals surface area contributed by atoms with Gasteiger partial charge in [0.15, 0.2) is 0 Å². The van der Waals surface area contributed by atoms with Gasteiger partial charge in [0.05, 0.1) is 0 Å². The Bertz CT molecular complexity index is 360. The van der Waals surface area contributed by atoms with Gasteiger partial charge in [-0.3, -0.25) is 0 Å². The van der Waals surface area contributed by atoms with Crippen molar-refractivity contribution in [2.24, 2.45) is 5.92 Å². The number of rotatable bonds is 5. The SMILES string of the molecule is CCCNC(c1ccc(C)cc1)C1CCCCCCC1. The maximum Gasteiger partial charge on any atom is 0.0348 e. The van der Waals surface area contributed by atoms with Crippen molar-refractivity contribution in [3.8, 4) is 0 Å². The predicted molar refractivity (Wildman–Crippen MR) is 88.0 cm³/mol. The van der Waals surface area contributed by atoms with E-state index < -0.39 is 0 Å². The van der Waals surface area contributed by atoms with Crippen LogP contribution in [0.2, 0.25) is 0 Å². The van der Waals surface area contributed by atoms with E-state index in [2.05, 4.69) is 43.4 Å². The molecule has 0 spiro atoms. The molecule has 20 heavy (non-hydrogen) atoms. The fourth-order valence-corrected chi connectivity index (χ4v) is 3.45. The number of benzene rings is 1. The molecule has 1 aliphatic rings. The van der Waals surface area contributed by atoms with Gasteiger partial charge in [-0.05, 0) is 44.2 Å². The Balaban J connectivity index is 2.09. The van der Waals surface area contributed by atoms with Gasteiger partial charge in [-0.15, -0.1) is 0 Å². The summed E-state index contributed by atoms with van der Waals surface area (Å²) in [5, 5.41) is 3.82. The number of hydrogen-bond acceptors (Lipinski definition) is 1. The van der Waals surface area contributed by atoms with Crippen LogP contribution >= 0.6 is 0 Å². The molecule has 1 aromatic rings. The minimum Gasteiger partial charge on any atom is -0.310 e. The van der Waals surface area contributed by atoms with Crippen molar-refractivity contribution in [1.29, 1.82) is 0 Å². The second-order valence-electron chi connectivity index (χ2n) is 6.45. The lowest BCUT2D eigenvalue weighted by molar-refractivity contribution is 0.288. The Morgan fingerprint density at radius 2 is 1.60 bits per heavy atom. The molecule has 1 atom stereocenters. The number of aryl methyl sites for hydroxylation is 1. The van der Waals surface area contributed by atoms with Crippen molar-refractivity contribution < 1.29 is 0 Å². The molecule has 1 nitrogen and oxygen atoms in total. The predicted octanol–water partition coefficient (Wildman–Crippen LogP) is 5.40. The number of hydrogen-bond donors (Lipinski definition) is 1. The van der Waals surface area contributed by atoms with Gasteiger partial charge in [-0.1, -0.05) is 68.9 Å². The van der Waals surface area contributed by atoms with Gasteiger partial charge in [0, 0.05) is 6.04 Å². The minimum atomic E-state index is 0.564. The van der Waals surface area contributed by atoms with Crippen molar-refractivity contribution in [3.63, 3.8) is 0 Å². The van der Waals surface area contributed by atoms with E-state index in [1.165, 1.54) is 62.5 Å². The van der Waals surface area contributed by atoms with Crippen LogP contribution < -0.4 is 5.32 Å². The van der Waals surface area contributed by atoms with Crippen molar-refractivity contribution in [2.45, 2.75) is 71.3 Å². The third kappa shape index (κ3) is 4.63. The quantitative estimate of drug-likeness (QED) is 0.757. The van der Waals surface area contributed by atoms with Crippen LogP contribution in [-0.4, -0.2) is 6.54 Å². The summed E-state index contributed by atoms with van der Waals surface area (Å²) in [7, 11) is 0. The molecule has 1 N–H and O–H groups in total.